The van der Waals surface area contributed by atoms with Crippen molar-refractivity contribution in [1.82, 2.24) is 14.8 Å². The number of nitrogens with two attached hydrogens (primary N) is 1. The summed E-state index contributed by atoms with van der Waals surface area (Å²) in [5.74, 6) is 1.28. The van der Waals surface area contributed by atoms with E-state index in [0.29, 0.717) is 5.92 Å². The quantitative estimate of drug-likeness (QED) is 0.731. The highest BCUT2D eigenvalue weighted by Gasteiger charge is 2.15. The Morgan fingerprint density at radius 1 is 1.58 bits per heavy atom. The Bertz CT molecular complexity index is 241. The summed E-state index contributed by atoms with van der Waals surface area (Å²) in [4.78, 5) is 0. The van der Waals surface area contributed by atoms with Crippen LogP contribution in [0.3, 0.4) is 0 Å². The van der Waals surface area contributed by atoms with Gasteiger partial charge in [-0.2, -0.15) is 0 Å². The second-order valence-electron chi connectivity index (χ2n) is 3.24. The fourth-order valence-electron chi connectivity index (χ4n) is 1.06. The van der Waals surface area contributed by atoms with Crippen LogP contribution in [0.15, 0.2) is 6.33 Å². The average Bonchev–Trinajstić information content (AvgIpc) is 2.49. The van der Waals surface area contributed by atoms with E-state index in [1.54, 1.807) is 6.33 Å². The van der Waals surface area contributed by atoms with E-state index in [2.05, 4.69) is 31.0 Å². The van der Waals surface area contributed by atoms with E-state index in [-0.39, 0.29) is 6.04 Å². The lowest BCUT2D eigenvalue weighted by Crippen LogP contribution is -2.21. The molecule has 1 atom stereocenters. The molecule has 1 rings (SSSR count). The number of nitrogens with zero attached hydrogens (tertiary/aromatic N) is 3. The Balaban J connectivity index is 2.86. The maximum Gasteiger partial charge on any atom is 0.150 e. The molecule has 2 N–H and O–H groups in total. The fourth-order valence-corrected chi connectivity index (χ4v) is 1.06. The molecule has 0 saturated carbocycles. The summed E-state index contributed by atoms with van der Waals surface area (Å²) in [7, 11) is 0. The SMILES string of the molecule is CCn1cnnc1C(N)C(C)C. The van der Waals surface area contributed by atoms with Gasteiger partial charge >= 0.3 is 0 Å². The normalized spacial score (nSPS) is 13.8. The predicted molar refractivity (Wildman–Crippen MR) is 47.5 cm³/mol. The zero-order valence-electron chi connectivity index (χ0n) is 7.86. The zero-order chi connectivity index (χ0) is 9.14. The van der Waals surface area contributed by atoms with E-state index in [9.17, 15) is 0 Å². The van der Waals surface area contributed by atoms with Gasteiger partial charge in [-0.3, -0.25) is 0 Å². The van der Waals surface area contributed by atoms with Crippen LogP contribution in [0.2, 0.25) is 0 Å². The van der Waals surface area contributed by atoms with E-state index < -0.39 is 0 Å². The molecule has 0 fully saturated rings. The van der Waals surface area contributed by atoms with E-state index >= 15 is 0 Å². The van der Waals surface area contributed by atoms with Crippen LogP contribution in [-0.2, 0) is 6.54 Å². The molecule has 0 spiro atoms. The summed E-state index contributed by atoms with van der Waals surface area (Å²) in [6.45, 7) is 7.10. The third kappa shape index (κ3) is 1.64. The van der Waals surface area contributed by atoms with Crippen LogP contribution in [0.4, 0.5) is 0 Å². The van der Waals surface area contributed by atoms with Gasteiger partial charge in [-0.1, -0.05) is 13.8 Å². The highest BCUT2D eigenvalue weighted by Crippen LogP contribution is 2.15. The number of aromatic nitrogens is 3. The van der Waals surface area contributed by atoms with Crippen molar-refractivity contribution in [2.45, 2.75) is 33.4 Å². The number of hydrogen-bond donors (Lipinski definition) is 1. The lowest BCUT2D eigenvalue weighted by atomic mass is 10.1. The molecule has 12 heavy (non-hydrogen) atoms. The molecule has 0 amide bonds. The van der Waals surface area contributed by atoms with Gasteiger partial charge in [-0.15, -0.1) is 10.2 Å². The van der Waals surface area contributed by atoms with Gasteiger partial charge in [0.25, 0.3) is 0 Å². The minimum Gasteiger partial charge on any atom is -0.321 e. The topological polar surface area (TPSA) is 56.7 Å². The summed E-state index contributed by atoms with van der Waals surface area (Å²) < 4.78 is 1.98. The molecule has 0 aliphatic rings. The van der Waals surface area contributed by atoms with Crippen molar-refractivity contribution in [2.75, 3.05) is 0 Å². The standard InChI is InChI=1S/C8H16N4/c1-4-12-5-10-11-8(12)7(9)6(2)3/h5-7H,4,9H2,1-3H3. The molecule has 0 aliphatic heterocycles. The third-order valence-corrected chi connectivity index (χ3v) is 2.00. The van der Waals surface area contributed by atoms with Crippen molar-refractivity contribution in [1.29, 1.82) is 0 Å². The highest BCUT2D eigenvalue weighted by atomic mass is 15.3. The first-order valence-corrected chi connectivity index (χ1v) is 4.30. The van der Waals surface area contributed by atoms with Crippen molar-refractivity contribution >= 4 is 0 Å². The van der Waals surface area contributed by atoms with Crippen LogP contribution in [0.25, 0.3) is 0 Å². The van der Waals surface area contributed by atoms with Crippen LogP contribution in [-0.4, -0.2) is 14.8 Å². The first-order chi connectivity index (χ1) is 5.66. The molecule has 1 heterocycles. The van der Waals surface area contributed by atoms with Crippen molar-refractivity contribution in [3.05, 3.63) is 12.2 Å². The molecular formula is C8H16N4. The molecule has 68 valence electrons. The van der Waals surface area contributed by atoms with E-state index in [1.165, 1.54) is 0 Å². The largest absolute Gasteiger partial charge is 0.321 e. The monoisotopic (exact) mass is 168 g/mol. The Morgan fingerprint density at radius 2 is 2.25 bits per heavy atom. The molecule has 4 heteroatoms. The Hall–Kier alpha value is -0.900. The molecule has 1 aromatic heterocycles. The molecule has 1 aromatic rings. The summed E-state index contributed by atoms with van der Waals surface area (Å²) >= 11 is 0. The minimum atomic E-state index is -0.00699. The average molecular weight is 168 g/mol. The smallest absolute Gasteiger partial charge is 0.150 e. The fraction of sp³-hybridized carbons (Fsp3) is 0.750. The first-order valence-electron chi connectivity index (χ1n) is 4.30. The van der Waals surface area contributed by atoms with Crippen LogP contribution >= 0.6 is 0 Å². The Labute approximate surface area is 72.8 Å². The zero-order valence-corrected chi connectivity index (χ0v) is 7.86. The molecule has 0 aromatic carbocycles. The second-order valence-corrected chi connectivity index (χ2v) is 3.24. The number of hydrogen-bond acceptors (Lipinski definition) is 3. The first kappa shape index (κ1) is 9.19. The van der Waals surface area contributed by atoms with Crippen molar-refractivity contribution in [2.24, 2.45) is 11.7 Å². The second kappa shape index (κ2) is 3.67. The van der Waals surface area contributed by atoms with E-state index in [4.69, 9.17) is 5.73 Å². The maximum absolute atomic E-state index is 5.94. The Morgan fingerprint density at radius 3 is 2.75 bits per heavy atom. The van der Waals surface area contributed by atoms with Gasteiger partial charge in [-0.25, -0.2) is 0 Å². The summed E-state index contributed by atoms with van der Waals surface area (Å²) in [5, 5.41) is 7.83. The summed E-state index contributed by atoms with van der Waals surface area (Å²) in [6.07, 6.45) is 1.72. The molecular weight excluding hydrogens is 152 g/mol. The van der Waals surface area contributed by atoms with Gasteiger partial charge in [-0.05, 0) is 12.8 Å². The van der Waals surface area contributed by atoms with Gasteiger partial charge < -0.3 is 10.3 Å². The van der Waals surface area contributed by atoms with Gasteiger partial charge in [0.05, 0.1) is 6.04 Å². The van der Waals surface area contributed by atoms with Crippen LogP contribution in [0.1, 0.15) is 32.6 Å². The molecule has 4 nitrogen and oxygen atoms in total. The lowest BCUT2D eigenvalue weighted by molar-refractivity contribution is 0.468. The maximum atomic E-state index is 5.94. The van der Waals surface area contributed by atoms with Crippen LogP contribution in [0, 0.1) is 5.92 Å². The molecule has 0 radical (unpaired) electrons. The van der Waals surface area contributed by atoms with E-state index in [0.717, 1.165) is 12.4 Å². The molecule has 0 bridgehead atoms. The van der Waals surface area contributed by atoms with Crippen molar-refractivity contribution in [3.8, 4) is 0 Å². The van der Waals surface area contributed by atoms with Crippen LogP contribution in [0.5, 0.6) is 0 Å². The number of rotatable bonds is 3. The van der Waals surface area contributed by atoms with Crippen LogP contribution < -0.4 is 5.73 Å². The lowest BCUT2D eigenvalue weighted by Gasteiger charge is -2.14. The van der Waals surface area contributed by atoms with E-state index in [1.807, 2.05) is 4.57 Å². The third-order valence-electron chi connectivity index (χ3n) is 2.00. The summed E-state index contributed by atoms with van der Waals surface area (Å²) in [6, 6.07) is -0.00699. The highest BCUT2D eigenvalue weighted by molar-refractivity contribution is 4.94. The molecule has 0 saturated heterocycles. The molecule has 1 unspecified atom stereocenters. The predicted octanol–water partition coefficient (Wildman–Crippen LogP) is 0.954. The van der Waals surface area contributed by atoms with Crippen molar-refractivity contribution < 1.29 is 0 Å². The van der Waals surface area contributed by atoms with Gasteiger partial charge in [0, 0.05) is 6.54 Å². The van der Waals surface area contributed by atoms with Gasteiger partial charge in [0.1, 0.15) is 12.2 Å². The summed E-state index contributed by atoms with van der Waals surface area (Å²) in [5.41, 5.74) is 5.94. The van der Waals surface area contributed by atoms with Gasteiger partial charge in [0.2, 0.25) is 0 Å². The minimum absolute atomic E-state index is 0.00699. The number of aryl methyl sites for hydroxylation is 1. The van der Waals surface area contributed by atoms with Crippen molar-refractivity contribution in [3.63, 3.8) is 0 Å². The molecule has 0 aliphatic carbocycles. The Kier molecular flexibility index (Phi) is 2.81. The van der Waals surface area contributed by atoms with Gasteiger partial charge in [0.15, 0.2) is 0 Å².